The molecule has 0 fully saturated rings. The molecule has 1 rings (SSSR count). The molecule has 0 bridgehead atoms. The van der Waals surface area contributed by atoms with E-state index in [0.29, 0.717) is 5.56 Å². The van der Waals surface area contributed by atoms with Crippen LogP contribution < -0.4 is 10.5 Å². The van der Waals surface area contributed by atoms with E-state index in [1.165, 1.54) is 18.3 Å². The van der Waals surface area contributed by atoms with Crippen LogP contribution in [0.2, 0.25) is 0 Å². The van der Waals surface area contributed by atoms with Crippen molar-refractivity contribution in [2.45, 2.75) is 19.1 Å². The van der Waals surface area contributed by atoms with Crippen molar-refractivity contribution in [3.05, 3.63) is 23.9 Å². The Morgan fingerprint density at radius 2 is 2.25 bits per heavy atom. The number of halogens is 2. The van der Waals surface area contributed by atoms with E-state index in [9.17, 15) is 13.6 Å². The number of nitrogens with two attached hydrogens (primary N) is 1. The predicted octanol–water partition coefficient (Wildman–Crippen LogP) is 1.16. The van der Waals surface area contributed by atoms with Gasteiger partial charge < -0.3 is 15.6 Å². The largest absolute Gasteiger partial charge is 0.481 e. The van der Waals surface area contributed by atoms with Gasteiger partial charge in [0, 0.05) is 18.3 Å². The molecular formula is C9H10F2N2O3. The number of nitrogens with zero attached hydrogens (tertiary/aromatic N) is 1. The second-order valence-electron chi connectivity index (χ2n) is 3.01. The molecule has 1 heterocycles. The fourth-order valence-electron chi connectivity index (χ4n) is 1.08. The second kappa shape index (κ2) is 5.36. The maximum atomic E-state index is 11.8. The van der Waals surface area contributed by atoms with Gasteiger partial charge in [-0.3, -0.25) is 4.79 Å². The number of aliphatic carboxylic acids is 1. The molecule has 0 aliphatic carbocycles. The van der Waals surface area contributed by atoms with E-state index in [4.69, 9.17) is 10.8 Å². The standard InChI is InChI=1S/C9H10F2N2O3/c10-9(11)16-7-2-1-5(4-13-7)6(12)3-8(14)15/h1-2,4,6,9H,3,12H2,(H,14,15). The van der Waals surface area contributed by atoms with Crippen LogP contribution in [0.4, 0.5) is 8.78 Å². The quantitative estimate of drug-likeness (QED) is 0.795. The number of pyridine rings is 1. The molecule has 3 N–H and O–H groups in total. The van der Waals surface area contributed by atoms with Gasteiger partial charge in [0.05, 0.1) is 6.42 Å². The summed E-state index contributed by atoms with van der Waals surface area (Å²) in [5.74, 6) is -1.28. The molecule has 1 atom stereocenters. The first-order valence-electron chi connectivity index (χ1n) is 4.37. The van der Waals surface area contributed by atoms with Crippen LogP contribution >= 0.6 is 0 Å². The van der Waals surface area contributed by atoms with Crippen LogP contribution in [0.3, 0.4) is 0 Å². The summed E-state index contributed by atoms with van der Waals surface area (Å²) in [6, 6.07) is 1.90. The number of hydrogen-bond donors (Lipinski definition) is 2. The van der Waals surface area contributed by atoms with Crippen molar-refractivity contribution in [3.63, 3.8) is 0 Å². The Bertz CT molecular complexity index is 356. The smallest absolute Gasteiger partial charge is 0.388 e. The third-order valence-electron chi connectivity index (χ3n) is 1.79. The summed E-state index contributed by atoms with van der Waals surface area (Å²) in [5, 5.41) is 8.49. The number of aromatic nitrogens is 1. The Morgan fingerprint density at radius 3 is 2.69 bits per heavy atom. The Balaban J connectivity index is 2.66. The predicted molar refractivity (Wildman–Crippen MR) is 50.1 cm³/mol. The van der Waals surface area contributed by atoms with Crippen LogP contribution in [0.15, 0.2) is 18.3 Å². The molecule has 1 aromatic rings. The number of ether oxygens (including phenoxy) is 1. The van der Waals surface area contributed by atoms with E-state index in [-0.39, 0.29) is 12.3 Å². The highest BCUT2D eigenvalue weighted by Gasteiger charge is 2.12. The van der Waals surface area contributed by atoms with Crippen molar-refractivity contribution in [1.82, 2.24) is 4.98 Å². The summed E-state index contributed by atoms with van der Waals surface area (Å²) < 4.78 is 27.6. The lowest BCUT2D eigenvalue weighted by atomic mass is 10.1. The summed E-state index contributed by atoms with van der Waals surface area (Å²) in [6.45, 7) is -2.94. The van der Waals surface area contributed by atoms with E-state index >= 15 is 0 Å². The minimum Gasteiger partial charge on any atom is -0.481 e. The Labute approximate surface area is 89.9 Å². The van der Waals surface area contributed by atoms with E-state index in [1.807, 2.05) is 0 Å². The molecule has 0 aromatic carbocycles. The number of carboxylic acids is 1. The van der Waals surface area contributed by atoms with Gasteiger partial charge in [-0.05, 0) is 5.56 Å². The van der Waals surface area contributed by atoms with Gasteiger partial charge in [0.1, 0.15) is 0 Å². The van der Waals surface area contributed by atoms with Gasteiger partial charge in [-0.1, -0.05) is 6.07 Å². The normalized spacial score (nSPS) is 12.5. The van der Waals surface area contributed by atoms with Crippen LogP contribution in [-0.4, -0.2) is 22.7 Å². The monoisotopic (exact) mass is 232 g/mol. The molecule has 0 aliphatic heterocycles. The number of carbonyl (C=O) groups is 1. The first-order valence-corrected chi connectivity index (χ1v) is 4.37. The van der Waals surface area contributed by atoms with E-state index in [2.05, 4.69) is 9.72 Å². The van der Waals surface area contributed by atoms with Crippen molar-refractivity contribution in [1.29, 1.82) is 0 Å². The zero-order chi connectivity index (χ0) is 12.1. The van der Waals surface area contributed by atoms with E-state index in [0.717, 1.165) is 0 Å². The molecule has 16 heavy (non-hydrogen) atoms. The van der Waals surface area contributed by atoms with Gasteiger partial charge in [0.25, 0.3) is 0 Å². The third-order valence-corrected chi connectivity index (χ3v) is 1.79. The zero-order valence-corrected chi connectivity index (χ0v) is 8.14. The molecule has 0 saturated heterocycles. The maximum Gasteiger partial charge on any atom is 0.388 e. The summed E-state index contributed by atoms with van der Waals surface area (Å²) in [4.78, 5) is 13.9. The maximum absolute atomic E-state index is 11.8. The summed E-state index contributed by atoms with van der Waals surface area (Å²) in [7, 11) is 0. The Hall–Kier alpha value is -1.76. The molecule has 0 amide bonds. The van der Waals surface area contributed by atoms with Crippen molar-refractivity contribution >= 4 is 5.97 Å². The van der Waals surface area contributed by atoms with Crippen molar-refractivity contribution in [2.24, 2.45) is 5.73 Å². The lowest BCUT2D eigenvalue weighted by molar-refractivity contribution is -0.137. The average molecular weight is 232 g/mol. The average Bonchev–Trinajstić information content (AvgIpc) is 2.16. The first-order chi connectivity index (χ1) is 7.49. The highest BCUT2D eigenvalue weighted by atomic mass is 19.3. The molecule has 1 unspecified atom stereocenters. The number of rotatable bonds is 5. The minimum atomic E-state index is -2.94. The molecule has 1 aromatic heterocycles. The summed E-state index contributed by atoms with van der Waals surface area (Å²) in [6.07, 6.45) is 0.960. The van der Waals surface area contributed by atoms with Crippen molar-refractivity contribution in [3.8, 4) is 5.88 Å². The molecular weight excluding hydrogens is 222 g/mol. The van der Waals surface area contributed by atoms with Crippen LogP contribution in [-0.2, 0) is 4.79 Å². The van der Waals surface area contributed by atoms with Gasteiger partial charge >= 0.3 is 12.6 Å². The van der Waals surface area contributed by atoms with Crippen LogP contribution in [0, 0.1) is 0 Å². The fourth-order valence-corrected chi connectivity index (χ4v) is 1.08. The van der Waals surface area contributed by atoms with Crippen LogP contribution in [0.1, 0.15) is 18.0 Å². The molecule has 88 valence electrons. The topological polar surface area (TPSA) is 85.4 Å². The van der Waals surface area contributed by atoms with Gasteiger partial charge in [-0.2, -0.15) is 8.78 Å². The lowest BCUT2D eigenvalue weighted by Crippen LogP contribution is -2.15. The Morgan fingerprint density at radius 1 is 1.56 bits per heavy atom. The molecule has 7 heteroatoms. The summed E-state index contributed by atoms with van der Waals surface area (Å²) in [5.41, 5.74) is 5.99. The van der Waals surface area contributed by atoms with Crippen molar-refractivity contribution < 1.29 is 23.4 Å². The van der Waals surface area contributed by atoms with Crippen molar-refractivity contribution in [2.75, 3.05) is 0 Å². The SMILES string of the molecule is NC(CC(=O)O)c1ccc(OC(F)F)nc1. The number of alkyl halides is 2. The van der Waals surface area contributed by atoms with E-state index in [1.54, 1.807) is 0 Å². The third kappa shape index (κ3) is 3.77. The highest BCUT2D eigenvalue weighted by Crippen LogP contribution is 2.16. The fraction of sp³-hybridized carbons (Fsp3) is 0.333. The van der Waals surface area contributed by atoms with Crippen LogP contribution in [0.5, 0.6) is 5.88 Å². The number of carboxylic acid groups (broad SMARTS) is 1. The molecule has 5 nitrogen and oxygen atoms in total. The highest BCUT2D eigenvalue weighted by molar-refractivity contribution is 5.67. The molecule has 0 aliphatic rings. The molecule has 0 saturated carbocycles. The minimum absolute atomic E-state index is 0.235. The Kier molecular flexibility index (Phi) is 4.12. The zero-order valence-electron chi connectivity index (χ0n) is 8.14. The van der Waals surface area contributed by atoms with E-state index < -0.39 is 18.6 Å². The first kappa shape index (κ1) is 12.3. The van der Waals surface area contributed by atoms with Gasteiger partial charge in [-0.15, -0.1) is 0 Å². The summed E-state index contributed by atoms with van der Waals surface area (Å²) >= 11 is 0. The van der Waals surface area contributed by atoms with Gasteiger partial charge in [0.2, 0.25) is 5.88 Å². The lowest BCUT2D eigenvalue weighted by Gasteiger charge is -2.09. The molecule has 0 radical (unpaired) electrons. The second-order valence-corrected chi connectivity index (χ2v) is 3.01. The number of hydrogen-bond acceptors (Lipinski definition) is 4. The molecule has 0 spiro atoms. The van der Waals surface area contributed by atoms with Gasteiger partial charge in [-0.25, -0.2) is 4.98 Å². The van der Waals surface area contributed by atoms with Gasteiger partial charge in [0.15, 0.2) is 0 Å². The van der Waals surface area contributed by atoms with Crippen LogP contribution in [0.25, 0.3) is 0 Å².